The van der Waals surface area contributed by atoms with Crippen molar-refractivity contribution in [3.05, 3.63) is 89.2 Å². The molecule has 0 bridgehead atoms. The Morgan fingerprint density at radius 3 is 2.39 bits per heavy atom. The van der Waals surface area contributed by atoms with Crippen molar-refractivity contribution in [1.29, 1.82) is 5.26 Å². The molecule has 3 aromatic rings. The van der Waals surface area contributed by atoms with Gasteiger partial charge in [-0.15, -0.1) is 0 Å². The zero-order valence-electron chi connectivity index (χ0n) is 16.4. The van der Waals surface area contributed by atoms with Crippen molar-refractivity contribution in [2.24, 2.45) is 0 Å². The van der Waals surface area contributed by atoms with Gasteiger partial charge in [-0.3, -0.25) is 0 Å². The lowest BCUT2D eigenvalue weighted by Gasteiger charge is -2.20. The zero-order chi connectivity index (χ0) is 19.8. The minimum absolute atomic E-state index is 0.413. The number of aromatic amines is 1. The third kappa shape index (κ3) is 5.48. The number of H-pyrrole nitrogens is 1. The van der Waals surface area contributed by atoms with Crippen molar-refractivity contribution in [3.8, 4) is 11.8 Å². The molecule has 0 saturated carbocycles. The van der Waals surface area contributed by atoms with Gasteiger partial charge in [0.25, 0.3) is 0 Å². The molecule has 0 aliphatic carbocycles. The smallest absolute Gasteiger partial charge is 0.205 e. The van der Waals surface area contributed by atoms with Gasteiger partial charge >= 0.3 is 0 Å². The van der Waals surface area contributed by atoms with Crippen molar-refractivity contribution in [1.82, 2.24) is 4.98 Å². The molecule has 1 N–H and O–H groups in total. The molecule has 4 heteroatoms. The molecular weight excluding hydrogens is 348 g/mol. The second-order valence-corrected chi connectivity index (χ2v) is 6.94. The standard InChI is InChI=1S/C24H26N2O2/c1-3-18(2)21-10-12-23(13-11-21)28-24(15-22-5-4-14-26-22)27-17-20-8-6-19(16-25)7-9-20/h4-14,18,24,26H,3,15,17H2,1-2H3. The van der Waals surface area contributed by atoms with Crippen LogP contribution in [0, 0.1) is 11.3 Å². The molecule has 4 nitrogen and oxygen atoms in total. The summed E-state index contributed by atoms with van der Waals surface area (Å²) in [4.78, 5) is 3.20. The van der Waals surface area contributed by atoms with E-state index in [-0.39, 0.29) is 0 Å². The summed E-state index contributed by atoms with van der Waals surface area (Å²) in [6.07, 6.45) is 3.22. The summed E-state index contributed by atoms with van der Waals surface area (Å²) in [6, 6.07) is 21.8. The van der Waals surface area contributed by atoms with Crippen LogP contribution in [0.4, 0.5) is 0 Å². The number of nitrogens with one attached hydrogen (secondary N) is 1. The molecular formula is C24H26N2O2. The van der Waals surface area contributed by atoms with E-state index < -0.39 is 6.29 Å². The highest BCUT2D eigenvalue weighted by atomic mass is 16.7. The molecule has 2 unspecified atom stereocenters. The number of hydrogen-bond acceptors (Lipinski definition) is 3. The Bertz CT molecular complexity index is 878. The largest absolute Gasteiger partial charge is 0.465 e. The fourth-order valence-electron chi connectivity index (χ4n) is 2.94. The van der Waals surface area contributed by atoms with Gasteiger partial charge in [0.05, 0.1) is 24.7 Å². The number of hydrogen-bond donors (Lipinski definition) is 1. The number of ether oxygens (including phenoxy) is 2. The Morgan fingerprint density at radius 2 is 1.79 bits per heavy atom. The molecule has 1 heterocycles. The van der Waals surface area contributed by atoms with E-state index in [0.717, 1.165) is 23.4 Å². The maximum absolute atomic E-state index is 8.92. The van der Waals surface area contributed by atoms with Crippen LogP contribution in [0.3, 0.4) is 0 Å². The van der Waals surface area contributed by atoms with Crippen molar-refractivity contribution < 1.29 is 9.47 Å². The summed E-state index contributed by atoms with van der Waals surface area (Å²) in [5, 5.41) is 8.92. The third-order valence-corrected chi connectivity index (χ3v) is 4.90. The molecule has 2 aromatic carbocycles. The van der Waals surface area contributed by atoms with Gasteiger partial charge in [0.2, 0.25) is 6.29 Å². The minimum atomic E-state index is -0.413. The summed E-state index contributed by atoms with van der Waals surface area (Å²) in [5.74, 6) is 1.33. The van der Waals surface area contributed by atoms with E-state index >= 15 is 0 Å². The Labute approximate surface area is 166 Å². The number of nitrogens with zero attached hydrogens (tertiary/aromatic N) is 1. The molecule has 0 fully saturated rings. The van der Waals surface area contributed by atoms with E-state index in [4.69, 9.17) is 14.7 Å². The van der Waals surface area contributed by atoms with Gasteiger partial charge in [0.1, 0.15) is 5.75 Å². The SMILES string of the molecule is CCC(C)c1ccc(OC(Cc2ccc[nH]2)OCc2ccc(C#N)cc2)cc1. The minimum Gasteiger partial charge on any atom is -0.465 e. The molecule has 28 heavy (non-hydrogen) atoms. The van der Waals surface area contributed by atoms with E-state index in [1.807, 2.05) is 42.6 Å². The average Bonchev–Trinajstić information content (AvgIpc) is 3.25. The number of nitriles is 1. The average molecular weight is 374 g/mol. The zero-order valence-corrected chi connectivity index (χ0v) is 16.4. The molecule has 0 aliphatic rings. The highest BCUT2D eigenvalue weighted by Gasteiger charge is 2.14. The maximum atomic E-state index is 8.92. The monoisotopic (exact) mass is 374 g/mol. The van der Waals surface area contributed by atoms with Gasteiger partial charge in [-0.05, 0) is 59.9 Å². The lowest BCUT2D eigenvalue weighted by molar-refractivity contribution is -0.0885. The van der Waals surface area contributed by atoms with Gasteiger partial charge in [0, 0.05) is 11.9 Å². The first-order chi connectivity index (χ1) is 13.7. The first kappa shape index (κ1) is 19.7. The summed E-state index contributed by atoms with van der Waals surface area (Å²) >= 11 is 0. The lowest BCUT2D eigenvalue weighted by atomic mass is 9.99. The topological polar surface area (TPSA) is 58.0 Å². The molecule has 144 valence electrons. The first-order valence-electron chi connectivity index (χ1n) is 9.67. The van der Waals surface area contributed by atoms with Crippen molar-refractivity contribution in [3.63, 3.8) is 0 Å². The van der Waals surface area contributed by atoms with E-state index in [1.165, 1.54) is 5.56 Å². The quantitative estimate of drug-likeness (QED) is 0.499. The van der Waals surface area contributed by atoms with Crippen LogP contribution in [0.15, 0.2) is 66.9 Å². The van der Waals surface area contributed by atoms with Crippen LogP contribution in [-0.2, 0) is 17.8 Å². The van der Waals surface area contributed by atoms with Crippen LogP contribution >= 0.6 is 0 Å². The highest BCUT2D eigenvalue weighted by Crippen LogP contribution is 2.23. The summed E-state index contributed by atoms with van der Waals surface area (Å²) in [7, 11) is 0. The Kier molecular flexibility index (Phi) is 6.89. The van der Waals surface area contributed by atoms with Gasteiger partial charge in [-0.25, -0.2) is 0 Å². The van der Waals surface area contributed by atoms with Gasteiger partial charge in [0.15, 0.2) is 0 Å². The first-order valence-corrected chi connectivity index (χ1v) is 9.67. The third-order valence-electron chi connectivity index (χ3n) is 4.90. The van der Waals surface area contributed by atoms with Crippen molar-refractivity contribution in [2.45, 2.75) is 45.5 Å². The summed E-state index contributed by atoms with van der Waals surface area (Å²) in [6.45, 7) is 4.84. The maximum Gasteiger partial charge on any atom is 0.205 e. The molecule has 0 radical (unpaired) electrons. The molecule has 3 rings (SSSR count). The number of benzene rings is 2. The Morgan fingerprint density at radius 1 is 1.04 bits per heavy atom. The Balaban J connectivity index is 1.66. The second kappa shape index (κ2) is 9.77. The number of aromatic nitrogens is 1. The fraction of sp³-hybridized carbons (Fsp3) is 0.292. The van der Waals surface area contributed by atoms with Crippen LogP contribution in [0.1, 0.15) is 48.6 Å². The van der Waals surface area contributed by atoms with E-state index in [9.17, 15) is 0 Å². The normalized spacial score (nSPS) is 12.9. The van der Waals surface area contributed by atoms with E-state index in [2.05, 4.69) is 37.0 Å². The van der Waals surface area contributed by atoms with Gasteiger partial charge < -0.3 is 14.5 Å². The van der Waals surface area contributed by atoms with Crippen molar-refractivity contribution in [2.75, 3.05) is 0 Å². The molecule has 0 saturated heterocycles. The lowest BCUT2D eigenvalue weighted by Crippen LogP contribution is -2.23. The summed E-state index contributed by atoms with van der Waals surface area (Å²) < 4.78 is 12.2. The predicted octanol–water partition coefficient (Wildman–Crippen LogP) is 5.56. The van der Waals surface area contributed by atoms with Crippen molar-refractivity contribution >= 4 is 0 Å². The molecule has 0 aliphatic heterocycles. The van der Waals surface area contributed by atoms with Crippen LogP contribution < -0.4 is 4.74 Å². The molecule has 2 atom stereocenters. The second-order valence-electron chi connectivity index (χ2n) is 6.94. The summed E-state index contributed by atoms with van der Waals surface area (Å²) in [5.41, 5.74) is 4.02. The number of rotatable bonds is 9. The van der Waals surface area contributed by atoms with E-state index in [0.29, 0.717) is 24.5 Å². The van der Waals surface area contributed by atoms with Crippen LogP contribution in [0.2, 0.25) is 0 Å². The van der Waals surface area contributed by atoms with E-state index in [1.54, 1.807) is 12.1 Å². The molecule has 0 spiro atoms. The predicted molar refractivity (Wildman–Crippen MR) is 110 cm³/mol. The van der Waals surface area contributed by atoms with Crippen LogP contribution in [-0.4, -0.2) is 11.3 Å². The van der Waals surface area contributed by atoms with Crippen LogP contribution in [0.5, 0.6) is 5.75 Å². The highest BCUT2D eigenvalue weighted by molar-refractivity contribution is 5.31. The molecule has 1 aromatic heterocycles. The Hall–Kier alpha value is -3.03. The van der Waals surface area contributed by atoms with Gasteiger partial charge in [-0.2, -0.15) is 5.26 Å². The van der Waals surface area contributed by atoms with Gasteiger partial charge in [-0.1, -0.05) is 38.1 Å². The molecule has 0 amide bonds. The van der Waals surface area contributed by atoms with Crippen LogP contribution in [0.25, 0.3) is 0 Å². The fourth-order valence-corrected chi connectivity index (χ4v) is 2.94.